The Kier molecular flexibility index (Phi) is 4.39. The Hall–Kier alpha value is -2.48. The highest BCUT2D eigenvalue weighted by Crippen LogP contribution is 2.41. The summed E-state index contributed by atoms with van der Waals surface area (Å²) in [4.78, 5) is 25.8. The Labute approximate surface area is 181 Å². The van der Waals surface area contributed by atoms with Gasteiger partial charge in [0.25, 0.3) is 5.56 Å². The summed E-state index contributed by atoms with van der Waals surface area (Å²) in [6, 6.07) is 9.65. The second-order valence-corrected chi connectivity index (χ2v) is 8.80. The van der Waals surface area contributed by atoms with Crippen LogP contribution in [0.15, 0.2) is 39.9 Å². The number of rotatable bonds is 2. The molecule has 1 aliphatic carbocycles. The zero-order valence-corrected chi connectivity index (χ0v) is 17.8. The molecule has 2 aromatic heterocycles. The highest BCUT2D eigenvalue weighted by atomic mass is 35.5. The number of pyridine rings is 1. The second-order valence-electron chi connectivity index (χ2n) is 8.01. The van der Waals surface area contributed by atoms with Gasteiger partial charge in [-0.2, -0.15) is 0 Å². The molecule has 1 saturated carbocycles. The van der Waals surface area contributed by atoms with Crippen molar-refractivity contribution < 1.29 is 4.39 Å². The van der Waals surface area contributed by atoms with Crippen molar-refractivity contribution in [3.8, 4) is 11.1 Å². The van der Waals surface area contributed by atoms with Crippen LogP contribution in [0, 0.1) is 5.82 Å². The Morgan fingerprint density at radius 2 is 1.97 bits per heavy atom. The van der Waals surface area contributed by atoms with E-state index in [9.17, 15) is 9.59 Å². The summed E-state index contributed by atoms with van der Waals surface area (Å²) in [5.41, 5.74) is 3.61. The predicted octanol–water partition coefficient (Wildman–Crippen LogP) is 4.63. The first-order chi connectivity index (χ1) is 14.0. The molecule has 6 rings (SSSR count). The van der Waals surface area contributed by atoms with Crippen molar-refractivity contribution in [2.75, 3.05) is 0 Å². The number of nitrogens with zero attached hydrogens (tertiary/aromatic N) is 1. The summed E-state index contributed by atoms with van der Waals surface area (Å²) in [7, 11) is 0. The van der Waals surface area contributed by atoms with Gasteiger partial charge in [-0.1, -0.05) is 12.1 Å². The van der Waals surface area contributed by atoms with Gasteiger partial charge < -0.3 is 9.88 Å². The maximum Gasteiger partial charge on any atom is 0.271 e. The summed E-state index contributed by atoms with van der Waals surface area (Å²) in [5.74, 6) is -0.443. The average Bonchev–Trinajstić information content (AvgIpc) is 3.38. The van der Waals surface area contributed by atoms with Crippen molar-refractivity contribution in [3.63, 3.8) is 0 Å². The fourth-order valence-corrected chi connectivity index (χ4v) is 5.41. The Bertz CT molecular complexity index is 1450. The minimum Gasteiger partial charge on any atom is -0.328 e. The number of aromatic amines is 1. The minimum absolute atomic E-state index is 0. The number of aromatic nitrogens is 2. The summed E-state index contributed by atoms with van der Waals surface area (Å²) >= 11 is 1.18. The van der Waals surface area contributed by atoms with Crippen LogP contribution in [-0.2, 0) is 6.54 Å². The van der Waals surface area contributed by atoms with Crippen LogP contribution in [-0.4, -0.2) is 8.94 Å². The lowest BCUT2D eigenvalue weighted by Gasteiger charge is -2.14. The van der Waals surface area contributed by atoms with Crippen LogP contribution in [0.5, 0.6) is 0 Å². The minimum atomic E-state index is -0.443. The topological polar surface area (TPSA) is 66.9 Å². The van der Waals surface area contributed by atoms with Crippen LogP contribution in [0.2, 0.25) is 0 Å². The molecule has 0 saturated heterocycles. The van der Waals surface area contributed by atoms with Crippen LogP contribution >= 0.6 is 23.9 Å². The summed E-state index contributed by atoms with van der Waals surface area (Å²) in [5, 5.41) is 3.81. The number of hydrogen-bond donors (Lipinski definition) is 2. The molecule has 1 atom stereocenters. The first kappa shape index (κ1) is 19.5. The molecule has 2 aromatic carbocycles. The van der Waals surface area contributed by atoms with E-state index in [4.69, 9.17) is 0 Å². The van der Waals surface area contributed by atoms with Crippen LogP contribution in [0.1, 0.15) is 43.0 Å². The van der Waals surface area contributed by atoms with Crippen molar-refractivity contribution in [2.45, 2.75) is 38.4 Å². The highest BCUT2D eigenvalue weighted by molar-refractivity contribution is 7.12. The van der Waals surface area contributed by atoms with Gasteiger partial charge in [0.2, 0.25) is 5.43 Å². The summed E-state index contributed by atoms with van der Waals surface area (Å²) in [6.45, 7) is 2.88. The fourth-order valence-electron chi connectivity index (χ4n) is 4.49. The van der Waals surface area contributed by atoms with Crippen molar-refractivity contribution in [1.29, 1.82) is 0 Å². The zero-order chi connectivity index (χ0) is 19.9. The number of halogens is 2. The third kappa shape index (κ3) is 2.69. The van der Waals surface area contributed by atoms with E-state index in [1.54, 1.807) is 6.07 Å². The monoisotopic (exact) mass is 443 g/mol. The molecule has 5 nitrogen and oxygen atoms in total. The zero-order valence-electron chi connectivity index (χ0n) is 16.1. The van der Waals surface area contributed by atoms with Gasteiger partial charge in [-0.05, 0) is 66.2 Å². The molecule has 30 heavy (non-hydrogen) atoms. The van der Waals surface area contributed by atoms with Gasteiger partial charge in [0.15, 0.2) is 0 Å². The van der Waals surface area contributed by atoms with Gasteiger partial charge in [0.1, 0.15) is 16.0 Å². The quantitative estimate of drug-likeness (QED) is 0.474. The summed E-state index contributed by atoms with van der Waals surface area (Å²) < 4.78 is 19.9. The van der Waals surface area contributed by atoms with E-state index in [0.717, 1.165) is 24.9 Å². The van der Waals surface area contributed by atoms with E-state index in [-0.39, 0.29) is 29.2 Å². The molecule has 0 amide bonds. The molecule has 2 aliphatic rings. The van der Waals surface area contributed by atoms with Crippen molar-refractivity contribution in [1.82, 2.24) is 14.3 Å². The molecule has 8 heteroatoms. The molecule has 0 spiro atoms. The van der Waals surface area contributed by atoms with Crippen LogP contribution in [0.4, 0.5) is 4.39 Å². The Morgan fingerprint density at radius 3 is 2.73 bits per heavy atom. The lowest BCUT2D eigenvalue weighted by molar-refractivity contribution is 0.632. The maximum atomic E-state index is 15.1. The van der Waals surface area contributed by atoms with Crippen molar-refractivity contribution in [2.24, 2.45) is 0 Å². The van der Waals surface area contributed by atoms with E-state index in [0.29, 0.717) is 22.0 Å². The average molecular weight is 444 g/mol. The standard InChI is InChI=1S/C22H18FN3O2S.ClH/c1-10-14-5-2-11(6-12(14)9-24-10)15-8-18-16(7-17(15)23)20(27)19-21(28)25-29-22(19)26(18)13-3-4-13;/h2,5-8,10,13,24H,3-4,9H2,1H3,(H,25,28);1H/t10-;/m1./s1. The van der Waals surface area contributed by atoms with Crippen molar-refractivity contribution in [3.05, 3.63) is 67.9 Å². The van der Waals surface area contributed by atoms with Crippen LogP contribution < -0.4 is 16.3 Å². The number of hydrogen-bond acceptors (Lipinski definition) is 4. The Morgan fingerprint density at radius 1 is 1.17 bits per heavy atom. The number of H-pyrrole nitrogens is 1. The van der Waals surface area contributed by atoms with Gasteiger partial charge in [-0.15, -0.1) is 12.4 Å². The molecule has 3 heterocycles. The van der Waals surface area contributed by atoms with E-state index >= 15 is 4.39 Å². The van der Waals surface area contributed by atoms with E-state index in [1.165, 1.54) is 28.7 Å². The maximum absolute atomic E-state index is 15.1. The van der Waals surface area contributed by atoms with Gasteiger partial charge >= 0.3 is 0 Å². The number of fused-ring (bicyclic) bond motifs is 3. The number of benzene rings is 2. The summed E-state index contributed by atoms with van der Waals surface area (Å²) in [6.07, 6.45) is 1.99. The van der Waals surface area contributed by atoms with E-state index < -0.39 is 16.8 Å². The molecule has 4 aromatic rings. The lowest BCUT2D eigenvalue weighted by atomic mass is 9.97. The second kappa shape index (κ2) is 6.77. The molecule has 1 fully saturated rings. The molecule has 154 valence electrons. The van der Waals surface area contributed by atoms with E-state index in [2.05, 4.69) is 21.2 Å². The predicted molar refractivity (Wildman–Crippen MR) is 120 cm³/mol. The largest absolute Gasteiger partial charge is 0.328 e. The third-order valence-electron chi connectivity index (χ3n) is 6.15. The number of nitrogens with one attached hydrogen (secondary N) is 2. The van der Waals surface area contributed by atoms with Gasteiger partial charge in [-0.3, -0.25) is 14.0 Å². The highest BCUT2D eigenvalue weighted by Gasteiger charge is 2.29. The first-order valence-corrected chi connectivity index (χ1v) is 10.6. The molecule has 0 radical (unpaired) electrons. The fraction of sp³-hybridized carbons (Fsp3) is 0.273. The van der Waals surface area contributed by atoms with Gasteiger partial charge in [-0.25, -0.2) is 4.39 Å². The van der Waals surface area contributed by atoms with Crippen LogP contribution in [0.25, 0.3) is 32.2 Å². The molecule has 0 bridgehead atoms. The Balaban J connectivity index is 0.00000193. The van der Waals surface area contributed by atoms with Gasteiger partial charge in [0.05, 0.1) is 5.52 Å². The van der Waals surface area contributed by atoms with Gasteiger partial charge in [0, 0.05) is 29.6 Å². The molecular weight excluding hydrogens is 425 g/mol. The van der Waals surface area contributed by atoms with Crippen LogP contribution in [0.3, 0.4) is 0 Å². The molecule has 2 N–H and O–H groups in total. The lowest BCUT2D eigenvalue weighted by Crippen LogP contribution is -2.15. The normalized spacial score (nSPS) is 18.0. The van der Waals surface area contributed by atoms with E-state index in [1.807, 2.05) is 18.2 Å². The third-order valence-corrected chi connectivity index (χ3v) is 7.03. The molecule has 1 aliphatic heterocycles. The molecule has 0 unspecified atom stereocenters. The smallest absolute Gasteiger partial charge is 0.271 e. The molecular formula is C22H19ClFN3O2S. The van der Waals surface area contributed by atoms with Crippen molar-refractivity contribution >= 4 is 45.1 Å². The first-order valence-electron chi connectivity index (χ1n) is 9.78. The SMILES string of the molecule is C[C@H]1NCc2cc(-c3cc4c(cc3F)c(=O)c3c(=O)[nH]sc3n4C3CC3)ccc21.Cl.